The zero-order valence-corrected chi connectivity index (χ0v) is 14.4. The summed E-state index contributed by atoms with van der Waals surface area (Å²) in [6, 6.07) is 3.59. The largest absolute Gasteiger partial charge is 0.382 e. The van der Waals surface area contributed by atoms with Gasteiger partial charge in [0.2, 0.25) is 5.91 Å². The molecule has 0 spiro atoms. The first kappa shape index (κ1) is 19.1. The summed E-state index contributed by atoms with van der Waals surface area (Å²) in [6.07, 6.45) is 2.01. The fraction of sp³-hybridized carbons (Fsp3) is 0.588. The Morgan fingerprint density at radius 1 is 1.44 bits per heavy atom. The highest BCUT2D eigenvalue weighted by molar-refractivity contribution is 5.79. The predicted octanol–water partition coefficient (Wildman–Crippen LogP) is 2.49. The van der Waals surface area contributed by atoms with E-state index in [0.717, 1.165) is 12.5 Å². The second kappa shape index (κ2) is 9.31. The Morgan fingerprint density at radius 3 is 2.80 bits per heavy atom. The van der Waals surface area contributed by atoms with Gasteiger partial charge in [-0.3, -0.25) is 14.9 Å². The predicted molar refractivity (Wildman–Crippen MR) is 92.1 cm³/mol. The number of nitrogens with one attached hydrogen (secondary N) is 1. The highest BCUT2D eigenvalue weighted by Gasteiger charge is 2.28. The molecular formula is C17H24FN3O4. The summed E-state index contributed by atoms with van der Waals surface area (Å²) in [5.41, 5.74) is 0.167. The number of halogens is 1. The zero-order chi connectivity index (χ0) is 18.2. The lowest BCUT2D eigenvalue weighted by atomic mass is 9.95. The van der Waals surface area contributed by atoms with Crippen molar-refractivity contribution in [1.29, 1.82) is 0 Å². The molecule has 0 radical (unpaired) electrons. The first-order valence-electron chi connectivity index (χ1n) is 8.57. The SMILES string of the molecule is CCOCCCNC(=O)C1CCN(c2ccc(F)cc2[N+](=O)[O-])CC1. The smallest absolute Gasteiger partial charge is 0.295 e. The van der Waals surface area contributed by atoms with E-state index in [-0.39, 0.29) is 17.5 Å². The number of carbonyl (C=O) groups is 1. The van der Waals surface area contributed by atoms with E-state index in [0.29, 0.717) is 51.4 Å². The van der Waals surface area contributed by atoms with E-state index in [2.05, 4.69) is 5.32 Å². The third-order valence-corrected chi connectivity index (χ3v) is 4.31. The minimum atomic E-state index is -0.628. The molecule has 1 aliphatic heterocycles. The van der Waals surface area contributed by atoms with Gasteiger partial charge in [0.25, 0.3) is 5.69 Å². The first-order chi connectivity index (χ1) is 12.0. The Balaban J connectivity index is 1.85. The molecule has 0 saturated carbocycles. The van der Waals surface area contributed by atoms with Crippen LogP contribution in [0.2, 0.25) is 0 Å². The van der Waals surface area contributed by atoms with Crippen molar-refractivity contribution < 1.29 is 18.8 Å². The molecule has 0 unspecified atom stereocenters. The molecule has 1 heterocycles. The lowest BCUT2D eigenvalue weighted by Gasteiger charge is -2.32. The van der Waals surface area contributed by atoms with Gasteiger partial charge in [0.1, 0.15) is 11.5 Å². The maximum absolute atomic E-state index is 13.3. The fourth-order valence-electron chi connectivity index (χ4n) is 2.97. The van der Waals surface area contributed by atoms with E-state index >= 15 is 0 Å². The van der Waals surface area contributed by atoms with Gasteiger partial charge in [-0.2, -0.15) is 0 Å². The van der Waals surface area contributed by atoms with Crippen LogP contribution in [0.5, 0.6) is 0 Å². The highest BCUT2D eigenvalue weighted by atomic mass is 19.1. The summed E-state index contributed by atoms with van der Waals surface area (Å²) in [5, 5.41) is 14.0. The molecule has 1 amide bonds. The van der Waals surface area contributed by atoms with Crippen LogP contribution in [-0.4, -0.2) is 43.7 Å². The Hall–Kier alpha value is -2.22. The van der Waals surface area contributed by atoms with Crippen molar-refractivity contribution in [3.8, 4) is 0 Å². The van der Waals surface area contributed by atoms with Crippen LogP contribution in [0.15, 0.2) is 18.2 Å². The molecule has 0 aliphatic carbocycles. The molecule has 0 bridgehead atoms. The number of ether oxygens (including phenoxy) is 1. The molecular weight excluding hydrogens is 329 g/mol. The van der Waals surface area contributed by atoms with Crippen LogP contribution in [0, 0.1) is 21.8 Å². The Morgan fingerprint density at radius 2 is 2.16 bits per heavy atom. The number of amides is 1. The van der Waals surface area contributed by atoms with Gasteiger partial charge in [0.15, 0.2) is 0 Å². The number of piperidine rings is 1. The molecule has 1 aromatic rings. The zero-order valence-electron chi connectivity index (χ0n) is 14.4. The molecule has 8 heteroatoms. The lowest BCUT2D eigenvalue weighted by molar-refractivity contribution is -0.384. The van der Waals surface area contributed by atoms with Crippen molar-refractivity contribution in [1.82, 2.24) is 5.32 Å². The third-order valence-electron chi connectivity index (χ3n) is 4.31. The van der Waals surface area contributed by atoms with Gasteiger partial charge < -0.3 is 15.0 Å². The fourth-order valence-corrected chi connectivity index (χ4v) is 2.97. The van der Waals surface area contributed by atoms with Gasteiger partial charge in [-0.25, -0.2) is 4.39 Å². The second-order valence-corrected chi connectivity index (χ2v) is 5.99. The van der Waals surface area contributed by atoms with Crippen LogP contribution in [-0.2, 0) is 9.53 Å². The summed E-state index contributed by atoms with van der Waals surface area (Å²) in [7, 11) is 0. The molecule has 0 atom stereocenters. The molecule has 138 valence electrons. The van der Waals surface area contributed by atoms with Gasteiger partial charge in [-0.1, -0.05) is 0 Å². The summed E-state index contributed by atoms with van der Waals surface area (Å²) in [5.74, 6) is -0.704. The minimum absolute atomic E-state index is 0.0183. The van der Waals surface area contributed by atoms with Crippen LogP contribution in [0.4, 0.5) is 15.8 Å². The molecule has 1 saturated heterocycles. The topological polar surface area (TPSA) is 84.7 Å². The Labute approximate surface area is 146 Å². The monoisotopic (exact) mass is 353 g/mol. The van der Waals surface area contributed by atoms with Crippen LogP contribution in [0.1, 0.15) is 26.2 Å². The normalized spacial score (nSPS) is 15.2. The van der Waals surface area contributed by atoms with Crippen molar-refractivity contribution in [2.45, 2.75) is 26.2 Å². The second-order valence-electron chi connectivity index (χ2n) is 5.99. The molecule has 1 N–H and O–H groups in total. The molecule has 7 nitrogen and oxygen atoms in total. The van der Waals surface area contributed by atoms with Gasteiger partial charge in [-0.05, 0) is 38.3 Å². The molecule has 25 heavy (non-hydrogen) atoms. The van der Waals surface area contributed by atoms with Crippen LogP contribution in [0.3, 0.4) is 0 Å². The van der Waals surface area contributed by atoms with Crippen molar-refractivity contribution in [3.05, 3.63) is 34.1 Å². The number of hydrogen-bond donors (Lipinski definition) is 1. The lowest BCUT2D eigenvalue weighted by Crippen LogP contribution is -2.41. The molecule has 1 aliphatic rings. The number of anilines is 1. The number of nitrogens with zero attached hydrogens (tertiary/aromatic N) is 2. The molecule has 1 fully saturated rings. The van der Waals surface area contributed by atoms with Crippen molar-refractivity contribution in [2.75, 3.05) is 37.7 Å². The number of carbonyl (C=O) groups excluding carboxylic acids is 1. The van der Waals surface area contributed by atoms with E-state index in [1.165, 1.54) is 12.1 Å². The third kappa shape index (κ3) is 5.38. The molecule has 0 aromatic heterocycles. The van der Waals surface area contributed by atoms with Gasteiger partial charge in [0.05, 0.1) is 11.0 Å². The summed E-state index contributed by atoms with van der Waals surface area (Å²) >= 11 is 0. The number of benzene rings is 1. The standard InChI is InChI=1S/C17H24FN3O4/c1-2-25-11-3-8-19-17(22)13-6-9-20(10-7-13)15-5-4-14(18)12-16(15)21(23)24/h4-5,12-13H,2-3,6-11H2,1H3,(H,19,22). The molecule has 1 aromatic carbocycles. The average Bonchev–Trinajstić information content (AvgIpc) is 2.61. The van der Waals surface area contributed by atoms with Crippen LogP contribution >= 0.6 is 0 Å². The summed E-state index contributed by atoms with van der Waals surface area (Å²) in [6.45, 7) is 4.87. The molecule has 2 rings (SSSR count). The van der Waals surface area contributed by atoms with Crippen molar-refractivity contribution >= 4 is 17.3 Å². The van der Waals surface area contributed by atoms with E-state index in [4.69, 9.17) is 4.74 Å². The number of nitro groups is 1. The first-order valence-corrected chi connectivity index (χ1v) is 8.57. The van der Waals surface area contributed by atoms with Crippen molar-refractivity contribution in [3.63, 3.8) is 0 Å². The Kier molecular flexibility index (Phi) is 7.12. The maximum atomic E-state index is 13.3. The van der Waals surface area contributed by atoms with Gasteiger partial charge in [-0.15, -0.1) is 0 Å². The quantitative estimate of drug-likeness (QED) is 0.441. The van der Waals surface area contributed by atoms with Crippen LogP contribution in [0.25, 0.3) is 0 Å². The summed E-state index contributed by atoms with van der Waals surface area (Å²) < 4.78 is 18.5. The maximum Gasteiger partial charge on any atom is 0.295 e. The van der Waals surface area contributed by atoms with Gasteiger partial charge >= 0.3 is 0 Å². The average molecular weight is 353 g/mol. The highest BCUT2D eigenvalue weighted by Crippen LogP contribution is 2.32. The number of rotatable bonds is 8. The van der Waals surface area contributed by atoms with Crippen LogP contribution < -0.4 is 10.2 Å². The minimum Gasteiger partial charge on any atom is -0.382 e. The van der Waals surface area contributed by atoms with E-state index < -0.39 is 10.7 Å². The van der Waals surface area contributed by atoms with E-state index in [1.807, 2.05) is 11.8 Å². The van der Waals surface area contributed by atoms with Crippen molar-refractivity contribution in [2.24, 2.45) is 5.92 Å². The van der Waals surface area contributed by atoms with E-state index in [9.17, 15) is 19.3 Å². The summed E-state index contributed by atoms with van der Waals surface area (Å²) in [4.78, 5) is 24.6. The van der Waals surface area contributed by atoms with E-state index in [1.54, 1.807) is 0 Å². The van der Waals surface area contributed by atoms with Gasteiger partial charge in [0, 0.05) is 38.8 Å². The Bertz CT molecular complexity index is 604. The number of nitro benzene ring substituents is 1. The number of hydrogen-bond acceptors (Lipinski definition) is 5.